The number of aromatic nitrogens is 2. The largest absolute Gasteiger partial charge is 0.472 e. The van der Waals surface area contributed by atoms with Crippen molar-refractivity contribution in [1.29, 1.82) is 0 Å². The van der Waals surface area contributed by atoms with Gasteiger partial charge in [0, 0.05) is 42.1 Å². The summed E-state index contributed by atoms with van der Waals surface area (Å²) in [5, 5.41) is 0. The highest BCUT2D eigenvalue weighted by Crippen LogP contribution is 2.31. The summed E-state index contributed by atoms with van der Waals surface area (Å²) in [4.78, 5) is 21.8. The predicted molar refractivity (Wildman–Crippen MR) is 86.1 cm³/mol. The fourth-order valence-electron chi connectivity index (χ4n) is 2.54. The van der Waals surface area contributed by atoms with Gasteiger partial charge >= 0.3 is 6.18 Å². The summed E-state index contributed by atoms with van der Waals surface area (Å²) in [6.07, 6.45) is -0.234. The van der Waals surface area contributed by atoms with E-state index in [1.807, 2.05) is 0 Å². The van der Waals surface area contributed by atoms with Crippen molar-refractivity contribution in [3.05, 3.63) is 52.4 Å². The Bertz CT molecular complexity index is 785. The van der Waals surface area contributed by atoms with Crippen molar-refractivity contribution >= 4 is 21.8 Å². The van der Waals surface area contributed by atoms with E-state index in [1.54, 1.807) is 17.2 Å². The Morgan fingerprint density at radius 3 is 2.84 bits per heavy atom. The Kier molecular flexibility index (Phi) is 4.94. The summed E-state index contributed by atoms with van der Waals surface area (Å²) in [5.41, 5.74) is -0.379. The van der Waals surface area contributed by atoms with Crippen LogP contribution in [-0.2, 0) is 6.18 Å². The number of rotatable bonds is 3. The molecule has 3 heterocycles. The molecule has 1 aliphatic heterocycles. The van der Waals surface area contributed by atoms with Crippen molar-refractivity contribution in [2.45, 2.75) is 18.7 Å². The summed E-state index contributed by atoms with van der Waals surface area (Å²) in [7, 11) is 0. The molecule has 2 aromatic heterocycles. The lowest BCUT2D eigenvalue weighted by Gasteiger charge is -2.17. The van der Waals surface area contributed by atoms with Gasteiger partial charge in [0.05, 0.1) is 17.7 Å². The van der Waals surface area contributed by atoms with Gasteiger partial charge < -0.3 is 9.64 Å². The quantitative estimate of drug-likeness (QED) is 0.768. The number of pyridine rings is 2. The molecule has 0 aromatic carbocycles. The van der Waals surface area contributed by atoms with Crippen LogP contribution in [0.5, 0.6) is 5.88 Å². The topological polar surface area (TPSA) is 55.3 Å². The van der Waals surface area contributed by atoms with Crippen molar-refractivity contribution in [3.63, 3.8) is 0 Å². The Hall–Kier alpha value is -2.16. The molecule has 2 aromatic rings. The van der Waals surface area contributed by atoms with E-state index < -0.39 is 17.8 Å². The zero-order valence-electron chi connectivity index (χ0n) is 12.8. The first kappa shape index (κ1) is 17.7. The monoisotopic (exact) mass is 415 g/mol. The number of amides is 1. The predicted octanol–water partition coefficient (Wildman–Crippen LogP) is 3.55. The van der Waals surface area contributed by atoms with E-state index >= 15 is 0 Å². The van der Waals surface area contributed by atoms with Gasteiger partial charge in [0.1, 0.15) is 6.10 Å². The van der Waals surface area contributed by atoms with Crippen LogP contribution in [0.25, 0.3) is 0 Å². The normalized spacial score (nSPS) is 17.6. The minimum absolute atomic E-state index is 0.0988. The third kappa shape index (κ3) is 4.28. The lowest BCUT2D eigenvalue weighted by atomic mass is 10.2. The van der Waals surface area contributed by atoms with Crippen LogP contribution in [0.2, 0.25) is 0 Å². The summed E-state index contributed by atoms with van der Waals surface area (Å²) in [6, 6.07) is 3.41. The zero-order valence-corrected chi connectivity index (χ0v) is 14.4. The number of halogens is 4. The van der Waals surface area contributed by atoms with E-state index in [2.05, 4.69) is 25.9 Å². The fourth-order valence-corrected chi connectivity index (χ4v) is 2.91. The molecule has 3 rings (SSSR count). The van der Waals surface area contributed by atoms with Gasteiger partial charge in [-0.15, -0.1) is 0 Å². The van der Waals surface area contributed by atoms with Gasteiger partial charge in [0.2, 0.25) is 5.88 Å². The van der Waals surface area contributed by atoms with Gasteiger partial charge in [0.25, 0.3) is 5.91 Å². The van der Waals surface area contributed by atoms with Gasteiger partial charge in [-0.2, -0.15) is 13.2 Å². The summed E-state index contributed by atoms with van der Waals surface area (Å²) >= 11 is 3.26. The van der Waals surface area contributed by atoms with E-state index in [0.29, 0.717) is 23.0 Å². The number of carbonyl (C=O) groups excluding carboxylic acids is 1. The van der Waals surface area contributed by atoms with Crippen molar-refractivity contribution in [3.8, 4) is 5.88 Å². The molecular weight excluding hydrogens is 403 g/mol. The molecule has 1 saturated heterocycles. The van der Waals surface area contributed by atoms with Crippen LogP contribution in [0.3, 0.4) is 0 Å². The Morgan fingerprint density at radius 1 is 1.32 bits per heavy atom. The van der Waals surface area contributed by atoms with Crippen LogP contribution in [0.15, 0.2) is 41.3 Å². The number of alkyl halides is 3. The average molecular weight is 416 g/mol. The van der Waals surface area contributed by atoms with Crippen LogP contribution < -0.4 is 4.74 Å². The summed E-state index contributed by atoms with van der Waals surface area (Å²) in [5.74, 6) is -0.296. The minimum Gasteiger partial charge on any atom is -0.472 e. The SMILES string of the molecule is O=C(c1cncc(Br)c1)N1CCC(Oc2cc(C(F)(F)F)ccn2)C1. The van der Waals surface area contributed by atoms with E-state index in [-0.39, 0.29) is 18.3 Å². The minimum atomic E-state index is -4.45. The molecule has 25 heavy (non-hydrogen) atoms. The third-order valence-electron chi connectivity index (χ3n) is 3.73. The standard InChI is InChI=1S/C16H13BrF3N3O2/c17-12-5-10(7-21-8-12)15(24)23-4-2-13(9-23)25-14-6-11(1-3-22-14)16(18,19)20/h1,3,5-8,13H,2,4,9H2. The Labute approximate surface area is 150 Å². The van der Waals surface area contributed by atoms with Crippen LogP contribution in [0, 0.1) is 0 Å². The molecule has 0 saturated carbocycles. The van der Waals surface area contributed by atoms with Crippen LogP contribution >= 0.6 is 15.9 Å². The average Bonchev–Trinajstić information content (AvgIpc) is 3.02. The number of carbonyl (C=O) groups is 1. The first-order valence-electron chi connectivity index (χ1n) is 7.42. The maximum Gasteiger partial charge on any atom is 0.416 e. The Morgan fingerprint density at radius 2 is 2.12 bits per heavy atom. The molecule has 1 amide bonds. The lowest BCUT2D eigenvalue weighted by Crippen LogP contribution is -2.31. The van der Waals surface area contributed by atoms with Crippen molar-refractivity contribution in [2.24, 2.45) is 0 Å². The molecule has 132 valence electrons. The Balaban J connectivity index is 1.65. The molecule has 1 unspecified atom stereocenters. The second-order valence-electron chi connectivity index (χ2n) is 5.55. The van der Waals surface area contributed by atoms with E-state index in [1.165, 1.54) is 6.20 Å². The molecule has 1 aliphatic rings. The highest BCUT2D eigenvalue weighted by molar-refractivity contribution is 9.10. The van der Waals surface area contributed by atoms with E-state index in [0.717, 1.165) is 18.3 Å². The molecule has 0 aliphatic carbocycles. The second-order valence-corrected chi connectivity index (χ2v) is 6.47. The highest BCUT2D eigenvalue weighted by Gasteiger charge is 2.32. The number of hydrogen-bond donors (Lipinski definition) is 0. The number of likely N-dealkylation sites (tertiary alicyclic amines) is 1. The fraction of sp³-hybridized carbons (Fsp3) is 0.312. The molecule has 0 spiro atoms. The van der Waals surface area contributed by atoms with Crippen molar-refractivity contribution < 1.29 is 22.7 Å². The highest BCUT2D eigenvalue weighted by atomic mass is 79.9. The third-order valence-corrected chi connectivity index (χ3v) is 4.17. The zero-order chi connectivity index (χ0) is 18.0. The number of hydrogen-bond acceptors (Lipinski definition) is 4. The van der Waals surface area contributed by atoms with E-state index in [9.17, 15) is 18.0 Å². The van der Waals surface area contributed by atoms with Gasteiger partial charge in [-0.05, 0) is 28.1 Å². The maximum atomic E-state index is 12.7. The van der Waals surface area contributed by atoms with Crippen molar-refractivity contribution in [1.82, 2.24) is 14.9 Å². The lowest BCUT2D eigenvalue weighted by molar-refractivity contribution is -0.137. The molecule has 1 atom stereocenters. The molecule has 9 heteroatoms. The van der Waals surface area contributed by atoms with Gasteiger partial charge in [-0.25, -0.2) is 4.98 Å². The van der Waals surface area contributed by atoms with Crippen LogP contribution in [-0.4, -0.2) is 40.0 Å². The summed E-state index contributed by atoms with van der Waals surface area (Å²) < 4.78 is 44.4. The first-order chi connectivity index (χ1) is 11.8. The second kappa shape index (κ2) is 6.99. The van der Waals surface area contributed by atoms with Crippen molar-refractivity contribution in [2.75, 3.05) is 13.1 Å². The maximum absolute atomic E-state index is 12.7. The van der Waals surface area contributed by atoms with Gasteiger partial charge in [-0.3, -0.25) is 9.78 Å². The molecule has 0 radical (unpaired) electrons. The number of nitrogens with zero attached hydrogens (tertiary/aromatic N) is 3. The molecule has 0 bridgehead atoms. The van der Waals surface area contributed by atoms with Crippen LogP contribution in [0.4, 0.5) is 13.2 Å². The van der Waals surface area contributed by atoms with Crippen LogP contribution in [0.1, 0.15) is 22.3 Å². The number of ether oxygens (including phenoxy) is 1. The smallest absolute Gasteiger partial charge is 0.416 e. The first-order valence-corrected chi connectivity index (χ1v) is 8.22. The summed E-state index contributed by atoms with van der Waals surface area (Å²) in [6.45, 7) is 0.734. The van der Waals surface area contributed by atoms with Gasteiger partial charge in [0.15, 0.2) is 0 Å². The molecule has 0 N–H and O–H groups in total. The molecular formula is C16H13BrF3N3O2. The van der Waals surface area contributed by atoms with Gasteiger partial charge in [-0.1, -0.05) is 0 Å². The van der Waals surface area contributed by atoms with E-state index in [4.69, 9.17) is 4.74 Å². The molecule has 1 fully saturated rings. The molecule has 5 nitrogen and oxygen atoms in total.